The fourth-order valence-electron chi connectivity index (χ4n) is 2.97. The Morgan fingerprint density at radius 2 is 1.93 bits per heavy atom. The molecule has 1 aliphatic carbocycles. The third kappa shape index (κ3) is 5.43. The van der Waals surface area contributed by atoms with Crippen LogP contribution in [0.5, 0.6) is 5.75 Å². The van der Waals surface area contributed by atoms with E-state index < -0.39 is 16.1 Å². The molecule has 1 aromatic carbocycles. The van der Waals surface area contributed by atoms with Crippen LogP contribution in [0.15, 0.2) is 40.7 Å². The first-order valence-electron chi connectivity index (χ1n) is 8.93. The maximum Gasteiger partial charge on any atom is 0.263 e. The lowest BCUT2D eigenvalue weighted by atomic mass is 9.95. The van der Waals surface area contributed by atoms with Crippen LogP contribution in [0.4, 0.5) is 5.13 Å². The Balaban J connectivity index is 1.57. The molecule has 1 aromatic heterocycles. The number of carbonyl (C=O) groups is 1. The van der Waals surface area contributed by atoms with Crippen molar-refractivity contribution in [2.24, 2.45) is 0 Å². The highest BCUT2D eigenvalue weighted by atomic mass is 32.2. The molecule has 0 aliphatic heterocycles. The molecular formula is C18H23N3O4S2. The Morgan fingerprint density at radius 1 is 1.22 bits per heavy atom. The van der Waals surface area contributed by atoms with E-state index in [1.807, 2.05) is 0 Å². The minimum absolute atomic E-state index is 0.101. The highest BCUT2D eigenvalue weighted by molar-refractivity contribution is 7.93. The molecule has 1 aliphatic rings. The van der Waals surface area contributed by atoms with Gasteiger partial charge >= 0.3 is 0 Å². The minimum Gasteiger partial charge on any atom is -0.481 e. The van der Waals surface area contributed by atoms with E-state index in [4.69, 9.17) is 4.74 Å². The lowest BCUT2D eigenvalue weighted by Crippen LogP contribution is -2.43. The Hall–Kier alpha value is -2.13. The average Bonchev–Trinajstić information content (AvgIpc) is 3.15. The van der Waals surface area contributed by atoms with E-state index in [2.05, 4.69) is 15.0 Å². The molecule has 1 atom stereocenters. The number of aromatic nitrogens is 1. The van der Waals surface area contributed by atoms with Crippen molar-refractivity contribution in [2.45, 2.75) is 56.1 Å². The van der Waals surface area contributed by atoms with Crippen LogP contribution in [0.1, 0.15) is 39.0 Å². The summed E-state index contributed by atoms with van der Waals surface area (Å²) in [7, 11) is -3.70. The van der Waals surface area contributed by atoms with Crippen molar-refractivity contribution in [3.05, 3.63) is 35.8 Å². The molecule has 0 bridgehead atoms. The third-order valence-corrected chi connectivity index (χ3v) is 6.59. The molecule has 9 heteroatoms. The molecule has 1 heterocycles. The van der Waals surface area contributed by atoms with Crippen LogP contribution in [0, 0.1) is 0 Å². The monoisotopic (exact) mass is 409 g/mol. The summed E-state index contributed by atoms with van der Waals surface area (Å²) in [5.41, 5.74) is 0. The van der Waals surface area contributed by atoms with Crippen molar-refractivity contribution in [3.8, 4) is 5.75 Å². The first-order chi connectivity index (χ1) is 12.9. The van der Waals surface area contributed by atoms with Crippen LogP contribution in [-0.4, -0.2) is 31.5 Å². The molecule has 3 rings (SSSR count). The van der Waals surface area contributed by atoms with E-state index in [1.165, 1.54) is 36.1 Å². The van der Waals surface area contributed by atoms with Crippen molar-refractivity contribution in [3.63, 3.8) is 0 Å². The van der Waals surface area contributed by atoms with Crippen molar-refractivity contribution in [2.75, 3.05) is 4.72 Å². The highest BCUT2D eigenvalue weighted by Crippen LogP contribution is 2.21. The zero-order valence-corrected chi connectivity index (χ0v) is 16.7. The van der Waals surface area contributed by atoms with Gasteiger partial charge in [0.25, 0.3) is 15.9 Å². The number of thiazole rings is 1. The number of amides is 1. The van der Waals surface area contributed by atoms with Crippen LogP contribution in [0.3, 0.4) is 0 Å². The molecule has 2 N–H and O–H groups in total. The summed E-state index contributed by atoms with van der Waals surface area (Å²) in [5.74, 6) is 0.290. The number of nitrogens with zero attached hydrogens (tertiary/aromatic N) is 1. The van der Waals surface area contributed by atoms with Crippen LogP contribution < -0.4 is 14.8 Å². The molecule has 0 saturated heterocycles. The Bertz CT molecular complexity index is 845. The van der Waals surface area contributed by atoms with Gasteiger partial charge in [-0.2, -0.15) is 0 Å². The van der Waals surface area contributed by atoms with Crippen molar-refractivity contribution < 1.29 is 17.9 Å². The Morgan fingerprint density at radius 3 is 2.56 bits per heavy atom. The van der Waals surface area contributed by atoms with E-state index in [0.717, 1.165) is 25.7 Å². The number of sulfonamides is 1. The molecule has 0 radical (unpaired) electrons. The SMILES string of the molecule is CC(Oc1ccc(S(=O)(=O)Nc2nccs2)cc1)C(=O)NC1CCCCC1. The molecule has 27 heavy (non-hydrogen) atoms. The summed E-state index contributed by atoms with van der Waals surface area (Å²) in [6.07, 6.45) is 6.41. The summed E-state index contributed by atoms with van der Waals surface area (Å²) in [6, 6.07) is 6.19. The van der Waals surface area contributed by atoms with Crippen LogP contribution in [-0.2, 0) is 14.8 Å². The number of hydrogen-bond acceptors (Lipinski definition) is 6. The second-order valence-corrected chi connectivity index (χ2v) is 9.09. The lowest BCUT2D eigenvalue weighted by Gasteiger charge is -2.24. The maximum absolute atomic E-state index is 12.3. The summed E-state index contributed by atoms with van der Waals surface area (Å²) < 4.78 is 32.7. The molecular weight excluding hydrogens is 386 g/mol. The molecule has 2 aromatic rings. The summed E-state index contributed by atoms with van der Waals surface area (Å²) in [6.45, 7) is 1.69. The molecule has 1 saturated carbocycles. The number of hydrogen-bond donors (Lipinski definition) is 2. The van der Waals surface area contributed by atoms with E-state index in [-0.39, 0.29) is 16.8 Å². The smallest absolute Gasteiger partial charge is 0.263 e. The van der Waals surface area contributed by atoms with Gasteiger partial charge in [-0.25, -0.2) is 13.4 Å². The fourth-order valence-corrected chi connectivity index (χ4v) is 4.76. The van der Waals surface area contributed by atoms with Crippen molar-refractivity contribution in [1.82, 2.24) is 10.3 Å². The number of rotatable bonds is 7. The van der Waals surface area contributed by atoms with Crippen molar-refractivity contribution in [1.29, 1.82) is 0 Å². The first-order valence-corrected chi connectivity index (χ1v) is 11.3. The van der Waals surface area contributed by atoms with Gasteiger partial charge in [0.05, 0.1) is 4.90 Å². The summed E-state index contributed by atoms with van der Waals surface area (Å²) >= 11 is 1.20. The second kappa shape index (κ2) is 8.71. The standard InChI is InChI=1S/C18H23N3O4S2/c1-13(17(22)20-14-5-3-2-4-6-14)25-15-7-9-16(10-8-15)27(23,24)21-18-19-11-12-26-18/h7-14H,2-6H2,1H3,(H,19,21)(H,20,22). The zero-order chi connectivity index (χ0) is 19.3. The van der Waals surface area contributed by atoms with Gasteiger partial charge in [0.2, 0.25) is 0 Å². The lowest BCUT2D eigenvalue weighted by molar-refractivity contribution is -0.128. The largest absolute Gasteiger partial charge is 0.481 e. The maximum atomic E-state index is 12.3. The van der Waals surface area contributed by atoms with Crippen molar-refractivity contribution >= 4 is 32.4 Å². The van der Waals surface area contributed by atoms with E-state index >= 15 is 0 Å². The molecule has 0 spiro atoms. The van der Waals surface area contributed by atoms with E-state index in [0.29, 0.717) is 10.9 Å². The average molecular weight is 410 g/mol. The third-order valence-electron chi connectivity index (χ3n) is 4.42. The highest BCUT2D eigenvalue weighted by Gasteiger charge is 2.21. The Labute approximate surface area is 163 Å². The predicted octanol–water partition coefficient (Wildman–Crippen LogP) is 3.16. The van der Waals surface area contributed by atoms with Gasteiger partial charge in [0, 0.05) is 17.6 Å². The minimum atomic E-state index is -3.70. The zero-order valence-electron chi connectivity index (χ0n) is 15.1. The Kier molecular flexibility index (Phi) is 6.33. The van der Waals surface area contributed by atoms with E-state index in [1.54, 1.807) is 24.4 Å². The van der Waals surface area contributed by atoms with Crippen LogP contribution in [0.2, 0.25) is 0 Å². The van der Waals surface area contributed by atoms with Gasteiger partial charge in [-0.15, -0.1) is 11.3 Å². The van der Waals surface area contributed by atoms with Gasteiger partial charge < -0.3 is 10.1 Å². The van der Waals surface area contributed by atoms with Crippen LogP contribution in [0.25, 0.3) is 0 Å². The quantitative estimate of drug-likeness (QED) is 0.732. The molecule has 1 unspecified atom stereocenters. The van der Waals surface area contributed by atoms with Gasteiger partial charge in [0.1, 0.15) is 5.75 Å². The normalized spacial score (nSPS) is 16.5. The molecule has 7 nitrogen and oxygen atoms in total. The van der Waals surface area contributed by atoms with Gasteiger partial charge in [-0.1, -0.05) is 19.3 Å². The molecule has 1 fully saturated rings. The number of ether oxygens (including phenoxy) is 1. The van der Waals surface area contributed by atoms with Crippen LogP contribution >= 0.6 is 11.3 Å². The number of carbonyl (C=O) groups excluding carboxylic acids is 1. The van der Waals surface area contributed by atoms with Gasteiger partial charge in [-0.05, 0) is 44.0 Å². The number of anilines is 1. The molecule has 146 valence electrons. The number of benzene rings is 1. The molecule has 1 amide bonds. The first kappa shape index (κ1) is 19.6. The number of nitrogens with one attached hydrogen (secondary N) is 2. The van der Waals surface area contributed by atoms with Gasteiger partial charge in [-0.3, -0.25) is 9.52 Å². The second-order valence-electron chi connectivity index (χ2n) is 6.52. The summed E-state index contributed by atoms with van der Waals surface area (Å²) in [5, 5.41) is 5.02. The van der Waals surface area contributed by atoms with E-state index in [9.17, 15) is 13.2 Å². The predicted molar refractivity (Wildman–Crippen MR) is 104 cm³/mol. The summed E-state index contributed by atoms with van der Waals surface area (Å²) in [4.78, 5) is 16.3. The topological polar surface area (TPSA) is 97.4 Å². The fraction of sp³-hybridized carbons (Fsp3) is 0.444. The van der Waals surface area contributed by atoms with Gasteiger partial charge in [0.15, 0.2) is 11.2 Å².